The van der Waals surface area contributed by atoms with Gasteiger partial charge in [-0.1, -0.05) is 23.7 Å². The molecule has 1 aliphatic heterocycles. The molecular weight excluding hydrogens is 404 g/mol. The van der Waals surface area contributed by atoms with Crippen LogP contribution in [0.4, 0.5) is 0 Å². The molecular formula is C24H19ClO5. The zero-order valence-electron chi connectivity index (χ0n) is 16.5. The number of Topliss-reactive ketones (excluding diaryl/α,β-unsaturated/α-hetero) is 1. The summed E-state index contributed by atoms with van der Waals surface area (Å²) in [6, 6.07) is 18.0. The third-order valence-electron chi connectivity index (χ3n) is 4.68. The van der Waals surface area contributed by atoms with E-state index in [-0.39, 0.29) is 11.5 Å². The van der Waals surface area contributed by atoms with Crippen molar-refractivity contribution in [2.45, 2.75) is 6.61 Å². The van der Waals surface area contributed by atoms with Crippen LogP contribution in [0, 0.1) is 0 Å². The molecule has 0 N–H and O–H groups in total. The van der Waals surface area contributed by atoms with Crippen molar-refractivity contribution in [2.24, 2.45) is 0 Å². The molecule has 0 aliphatic carbocycles. The summed E-state index contributed by atoms with van der Waals surface area (Å²) in [5, 5.41) is 0.676. The second kappa shape index (κ2) is 8.51. The highest BCUT2D eigenvalue weighted by Gasteiger charge is 2.28. The summed E-state index contributed by atoms with van der Waals surface area (Å²) in [5.74, 6) is 2.36. The molecule has 3 aromatic carbocycles. The number of carbonyl (C=O) groups excluding carboxylic acids is 1. The molecule has 5 nitrogen and oxygen atoms in total. The number of halogens is 1. The van der Waals surface area contributed by atoms with Gasteiger partial charge in [-0.3, -0.25) is 4.79 Å². The Bertz CT molecular complexity index is 1120. The molecule has 0 aromatic heterocycles. The lowest BCUT2D eigenvalue weighted by Crippen LogP contribution is -1.99. The van der Waals surface area contributed by atoms with Crippen molar-refractivity contribution in [3.63, 3.8) is 0 Å². The molecule has 0 spiro atoms. The number of fused-ring (bicyclic) bond motifs is 1. The Labute approximate surface area is 179 Å². The van der Waals surface area contributed by atoms with E-state index in [1.807, 2.05) is 24.3 Å². The van der Waals surface area contributed by atoms with Gasteiger partial charge in [-0.25, -0.2) is 0 Å². The summed E-state index contributed by atoms with van der Waals surface area (Å²) in [4.78, 5) is 12.8. The molecule has 1 aliphatic rings. The van der Waals surface area contributed by atoms with Crippen molar-refractivity contribution in [1.82, 2.24) is 0 Å². The van der Waals surface area contributed by atoms with Crippen molar-refractivity contribution in [3.05, 3.63) is 88.1 Å². The van der Waals surface area contributed by atoms with Gasteiger partial charge in [0.05, 0.1) is 19.8 Å². The Morgan fingerprint density at radius 2 is 1.70 bits per heavy atom. The van der Waals surface area contributed by atoms with Gasteiger partial charge in [0, 0.05) is 16.7 Å². The first-order valence-electron chi connectivity index (χ1n) is 9.25. The summed E-state index contributed by atoms with van der Waals surface area (Å²) in [7, 11) is 3.15. The first-order valence-corrected chi connectivity index (χ1v) is 9.63. The number of carbonyl (C=O) groups is 1. The van der Waals surface area contributed by atoms with Crippen LogP contribution in [0.25, 0.3) is 6.08 Å². The minimum absolute atomic E-state index is 0.195. The third kappa shape index (κ3) is 4.11. The highest BCUT2D eigenvalue weighted by Crippen LogP contribution is 2.36. The van der Waals surface area contributed by atoms with Crippen molar-refractivity contribution in [1.29, 1.82) is 0 Å². The van der Waals surface area contributed by atoms with Crippen LogP contribution >= 0.6 is 11.6 Å². The average Bonchev–Trinajstić information content (AvgIpc) is 3.08. The maximum atomic E-state index is 12.8. The van der Waals surface area contributed by atoms with Crippen LogP contribution in [-0.4, -0.2) is 20.0 Å². The van der Waals surface area contributed by atoms with Crippen LogP contribution in [0.15, 0.2) is 66.4 Å². The lowest BCUT2D eigenvalue weighted by Gasteiger charge is -2.08. The van der Waals surface area contributed by atoms with Crippen LogP contribution in [-0.2, 0) is 6.61 Å². The number of ketones is 1. The van der Waals surface area contributed by atoms with E-state index in [0.29, 0.717) is 45.8 Å². The van der Waals surface area contributed by atoms with E-state index in [1.54, 1.807) is 56.7 Å². The van der Waals surface area contributed by atoms with Gasteiger partial charge in [0.2, 0.25) is 5.78 Å². The Hall–Kier alpha value is -3.44. The van der Waals surface area contributed by atoms with Crippen LogP contribution in [0.2, 0.25) is 5.02 Å². The minimum atomic E-state index is -0.195. The molecule has 1 heterocycles. The zero-order chi connectivity index (χ0) is 21.1. The van der Waals surface area contributed by atoms with Crippen molar-refractivity contribution in [3.8, 4) is 23.0 Å². The van der Waals surface area contributed by atoms with E-state index in [2.05, 4.69) is 0 Å². The monoisotopic (exact) mass is 422 g/mol. The maximum Gasteiger partial charge on any atom is 0.231 e. The van der Waals surface area contributed by atoms with E-state index >= 15 is 0 Å². The number of ether oxygens (including phenoxy) is 4. The summed E-state index contributed by atoms with van der Waals surface area (Å²) in [5.41, 5.74) is 2.16. The number of hydrogen-bond acceptors (Lipinski definition) is 5. The minimum Gasteiger partial charge on any atom is -0.497 e. The molecule has 0 fully saturated rings. The second-order valence-electron chi connectivity index (χ2n) is 6.62. The van der Waals surface area contributed by atoms with Crippen molar-refractivity contribution >= 4 is 23.5 Å². The van der Waals surface area contributed by atoms with Gasteiger partial charge < -0.3 is 18.9 Å². The van der Waals surface area contributed by atoms with E-state index in [1.165, 1.54) is 0 Å². The molecule has 30 heavy (non-hydrogen) atoms. The molecule has 152 valence electrons. The van der Waals surface area contributed by atoms with Crippen LogP contribution in [0.1, 0.15) is 21.5 Å². The van der Waals surface area contributed by atoms with Crippen LogP contribution in [0.3, 0.4) is 0 Å². The van der Waals surface area contributed by atoms with E-state index in [9.17, 15) is 4.79 Å². The zero-order valence-corrected chi connectivity index (χ0v) is 17.2. The van der Waals surface area contributed by atoms with Gasteiger partial charge >= 0.3 is 0 Å². The quantitative estimate of drug-likeness (QED) is 0.487. The summed E-state index contributed by atoms with van der Waals surface area (Å²) in [6.07, 6.45) is 1.65. The third-order valence-corrected chi connectivity index (χ3v) is 4.94. The average molecular weight is 423 g/mol. The predicted molar refractivity (Wildman–Crippen MR) is 115 cm³/mol. The fraction of sp³-hybridized carbons (Fsp3) is 0.125. The molecule has 3 aromatic rings. The molecule has 0 saturated heterocycles. The van der Waals surface area contributed by atoms with Crippen molar-refractivity contribution in [2.75, 3.05) is 14.2 Å². The molecule has 0 bridgehead atoms. The number of hydrogen-bond donors (Lipinski definition) is 0. The number of allylic oxidation sites excluding steroid dienone is 1. The number of benzene rings is 3. The summed E-state index contributed by atoms with van der Waals surface area (Å²) < 4.78 is 22.3. The highest BCUT2D eigenvalue weighted by atomic mass is 35.5. The van der Waals surface area contributed by atoms with Gasteiger partial charge in [0.25, 0.3) is 0 Å². The first kappa shape index (κ1) is 19.9. The fourth-order valence-corrected chi connectivity index (χ4v) is 3.22. The normalized spacial score (nSPS) is 13.7. The molecule has 0 saturated carbocycles. The second-order valence-corrected chi connectivity index (χ2v) is 7.06. The Kier molecular flexibility index (Phi) is 5.63. The van der Waals surface area contributed by atoms with Gasteiger partial charge in [-0.15, -0.1) is 0 Å². The van der Waals surface area contributed by atoms with Crippen LogP contribution in [0.5, 0.6) is 23.0 Å². The van der Waals surface area contributed by atoms with E-state index in [0.717, 1.165) is 5.56 Å². The highest BCUT2D eigenvalue weighted by molar-refractivity contribution is 6.30. The van der Waals surface area contributed by atoms with Gasteiger partial charge in [-0.2, -0.15) is 0 Å². The predicted octanol–water partition coefficient (Wildman–Crippen LogP) is 5.55. The largest absolute Gasteiger partial charge is 0.497 e. The van der Waals surface area contributed by atoms with E-state index in [4.69, 9.17) is 30.5 Å². The molecule has 0 amide bonds. The molecule has 0 unspecified atom stereocenters. The smallest absolute Gasteiger partial charge is 0.231 e. The lowest BCUT2D eigenvalue weighted by atomic mass is 10.1. The Balaban J connectivity index is 1.54. The topological polar surface area (TPSA) is 54.0 Å². The Morgan fingerprint density at radius 1 is 0.933 bits per heavy atom. The number of rotatable bonds is 6. The SMILES string of the molecule is COc1ccc(OC)c(/C=C2\Oc3cc(OCc4ccc(Cl)cc4)ccc3C2=O)c1. The van der Waals surface area contributed by atoms with Gasteiger partial charge in [-0.05, 0) is 54.1 Å². The Morgan fingerprint density at radius 3 is 2.43 bits per heavy atom. The molecule has 0 radical (unpaired) electrons. The number of methoxy groups -OCH3 is 2. The maximum absolute atomic E-state index is 12.8. The summed E-state index contributed by atoms with van der Waals surface area (Å²) in [6.45, 7) is 0.383. The first-order chi connectivity index (χ1) is 14.6. The molecule has 4 rings (SSSR count). The van der Waals surface area contributed by atoms with E-state index < -0.39 is 0 Å². The lowest BCUT2D eigenvalue weighted by molar-refractivity contribution is 0.101. The molecule has 6 heteroatoms. The standard InChI is InChI=1S/C24H19ClO5/c1-27-18-8-10-21(28-2)16(11-18)12-23-24(26)20-9-7-19(13-22(20)30-23)29-14-15-3-5-17(25)6-4-15/h3-13H,14H2,1-2H3/b23-12-. The van der Waals surface area contributed by atoms with Gasteiger partial charge in [0.15, 0.2) is 5.76 Å². The molecule has 0 atom stereocenters. The summed E-state index contributed by atoms with van der Waals surface area (Å²) >= 11 is 5.90. The van der Waals surface area contributed by atoms with Crippen molar-refractivity contribution < 1.29 is 23.7 Å². The van der Waals surface area contributed by atoms with Gasteiger partial charge in [0.1, 0.15) is 29.6 Å². The van der Waals surface area contributed by atoms with Crippen LogP contribution < -0.4 is 18.9 Å². The fourth-order valence-electron chi connectivity index (χ4n) is 3.10.